The minimum atomic E-state index is -0.910. The maximum atomic E-state index is 11.7. The molecule has 0 aliphatic carbocycles. The van der Waals surface area contributed by atoms with Crippen LogP contribution >= 0.6 is 12.2 Å². The quantitative estimate of drug-likeness (QED) is 0.392. The Hall–Kier alpha value is -2.48. The number of para-hydroxylation sites is 1. The zero-order chi connectivity index (χ0) is 16.5. The molecule has 0 atom stereocenters. The summed E-state index contributed by atoms with van der Waals surface area (Å²) >= 11 is 5.24. The smallest absolute Gasteiger partial charge is 0.303 e. The highest BCUT2D eigenvalue weighted by atomic mass is 32.1. The summed E-state index contributed by atoms with van der Waals surface area (Å²) in [6, 6.07) is 8.80. The minimum Gasteiger partial charge on any atom is -0.481 e. The van der Waals surface area contributed by atoms with Gasteiger partial charge in [0.05, 0.1) is 5.69 Å². The van der Waals surface area contributed by atoms with Crippen molar-refractivity contribution in [2.45, 2.75) is 25.7 Å². The van der Waals surface area contributed by atoms with E-state index in [1.165, 1.54) is 5.01 Å². The molecule has 1 aromatic carbocycles. The number of carbonyl (C=O) groups is 3. The van der Waals surface area contributed by atoms with E-state index in [-0.39, 0.29) is 6.42 Å². The Bertz CT molecular complexity index is 562. The molecule has 7 nitrogen and oxygen atoms in total. The molecule has 0 radical (unpaired) electrons. The van der Waals surface area contributed by atoms with Gasteiger partial charge in [0.2, 0.25) is 11.8 Å². The van der Waals surface area contributed by atoms with Crippen molar-refractivity contribution in [3.63, 3.8) is 0 Å². The van der Waals surface area contributed by atoms with Crippen molar-refractivity contribution in [3.05, 3.63) is 30.3 Å². The van der Waals surface area contributed by atoms with Crippen molar-refractivity contribution >= 4 is 40.7 Å². The molecule has 22 heavy (non-hydrogen) atoms. The number of rotatable bonds is 7. The number of carboxylic acid groups (broad SMARTS) is 1. The third kappa shape index (κ3) is 6.31. The van der Waals surface area contributed by atoms with Gasteiger partial charge in [-0.15, -0.1) is 0 Å². The second kappa shape index (κ2) is 8.73. The molecular formula is C14H17N3O4S. The molecule has 0 unspecified atom stereocenters. The molecule has 0 aromatic heterocycles. The van der Waals surface area contributed by atoms with Crippen LogP contribution in [0.5, 0.6) is 0 Å². The van der Waals surface area contributed by atoms with Gasteiger partial charge in [-0.3, -0.25) is 19.8 Å². The summed E-state index contributed by atoms with van der Waals surface area (Å²) in [6.45, 7) is 0. The standard InChI is InChI=1S/C14H17N3O4S/c15-11(18)9-12(19)16-17(10-5-2-1-3-6-10)13(22)7-4-8-14(20)21/h1-3,5-6H,4,7-9H2,(H2,15,18)(H,16,19)(H,20,21). The van der Waals surface area contributed by atoms with E-state index in [1.54, 1.807) is 30.3 Å². The predicted molar refractivity (Wildman–Crippen MR) is 85.0 cm³/mol. The lowest BCUT2D eigenvalue weighted by Gasteiger charge is -2.25. The van der Waals surface area contributed by atoms with Crippen LogP contribution in [0.3, 0.4) is 0 Å². The molecule has 118 valence electrons. The monoisotopic (exact) mass is 323 g/mol. The second-order valence-corrected chi connectivity index (χ2v) is 4.96. The van der Waals surface area contributed by atoms with Gasteiger partial charge in [-0.25, -0.2) is 5.01 Å². The third-order valence-electron chi connectivity index (χ3n) is 2.62. The Labute approximate surface area is 133 Å². The van der Waals surface area contributed by atoms with E-state index in [4.69, 9.17) is 23.1 Å². The van der Waals surface area contributed by atoms with Crippen LogP contribution in [0, 0.1) is 0 Å². The van der Waals surface area contributed by atoms with Crippen LogP contribution in [0.15, 0.2) is 30.3 Å². The Morgan fingerprint density at radius 3 is 2.36 bits per heavy atom. The number of thiocarbonyl (C=S) groups is 1. The number of nitrogens with one attached hydrogen (secondary N) is 1. The van der Waals surface area contributed by atoms with Gasteiger partial charge < -0.3 is 10.8 Å². The summed E-state index contributed by atoms with van der Waals surface area (Å²) in [5.41, 5.74) is 8.10. The largest absolute Gasteiger partial charge is 0.481 e. The molecule has 4 N–H and O–H groups in total. The van der Waals surface area contributed by atoms with Crippen molar-refractivity contribution in [1.29, 1.82) is 0 Å². The summed E-state index contributed by atoms with van der Waals surface area (Å²) in [5, 5.41) is 10.0. The van der Waals surface area contributed by atoms with Gasteiger partial charge in [0.1, 0.15) is 11.4 Å². The highest BCUT2D eigenvalue weighted by molar-refractivity contribution is 7.80. The molecular weight excluding hydrogens is 306 g/mol. The normalized spacial score (nSPS) is 9.82. The van der Waals surface area contributed by atoms with E-state index >= 15 is 0 Å². The molecule has 1 rings (SSSR count). The van der Waals surface area contributed by atoms with Crippen LogP contribution in [0.4, 0.5) is 5.69 Å². The highest BCUT2D eigenvalue weighted by Crippen LogP contribution is 2.14. The van der Waals surface area contributed by atoms with E-state index in [1.807, 2.05) is 0 Å². The Morgan fingerprint density at radius 1 is 1.18 bits per heavy atom. The molecule has 0 bridgehead atoms. The first-order valence-corrected chi connectivity index (χ1v) is 6.98. The third-order valence-corrected chi connectivity index (χ3v) is 3.00. The molecule has 0 fully saturated rings. The SMILES string of the molecule is NC(=O)CC(=O)NN(C(=S)CCCC(=O)O)c1ccccc1. The number of nitrogens with zero attached hydrogens (tertiary/aromatic N) is 1. The number of primary amides is 1. The average molecular weight is 323 g/mol. The summed E-state index contributed by atoms with van der Waals surface area (Å²) < 4.78 is 0. The van der Waals surface area contributed by atoms with E-state index in [0.717, 1.165) is 0 Å². The molecule has 8 heteroatoms. The van der Waals surface area contributed by atoms with Crippen LogP contribution in [-0.4, -0.2) is 27.9 Å². The van der Waals surface area contributed by atoms with Crippen molar-refractivity contribution in [3.8, 4) is 0 Å². The maximum absolute atomic E-state index is 11.7. The van der Waals surface area contributed by atoms with Crippen molar-refractivity contribution in [2.75, 3.05) is 5.01 Å². The van der Waals surface area contributed by atoms with Crippen molar-refractivity contribution in [2.24, 2.45) is 5.73 Å². The Balaban J connectivity index is 2.78. The molecule has 0 aliphatic rings. The first kappa shape index (κ1) is 17.6. The van der Waals surface area contributed by atoms with Crippen LogP contribution in [0.1, 0.15) is 25.7 Å². The van der Waals surface area contributed by atoms with Crippen LogP contribution in [-0.2, 0) is 14.4 Å². The number of hydrogen-bond donors (Lipinski definition) is 3. The fourth-order valence-electron chi connectivity index (χ4n) is 1.67. The highest BCUT2D eigenvalue weighted by Gasteiger charge is 2.16. The molecule has 0 saturated carbocycles. The number of amides is 2. The molecule has 0 heterocycles. The fraction of sp³-hybridized carbons (Fsp3) is 0.286. The topological polar surface area (TPSA) is 113 Å². The number of carbonyl (C=O) groups excluding carboxylic acids is 2. The number of nitrogens with two attached hydrogens (primary N) is 1. The van der Waals surface area contributed by atoms with Crippen molar-refractivity contribution < 1.29 is 19.5 Å². The van der Waals surface area contributed by atoms with Gasteiger partial charge in [0.25, 0.3) is 0 Å². The Morgan fingerprint density at radius 2 is 1.82 bits per heavy atom. The number of benzene rings is 1. The Kier molecular flexibility index (Phi) is 6.97. The summed E-state index contributed by atoms with van der Waals surface area (Å²) in [5.74, 6) is -2.24. The first-order chi connectivity index (χ1) is 10.4. The molecule has 0 spiro atoms. The number of hydrogen-bond acceptors (Lipinski definition) is 4. The van der Waals surface area contributed by atoms with Gasteiger partial charge in [0.15, 0.2) is 0 Å². The van der Waals surface area contributed by atoms with Gasteiger partial charge in [-0.2, -0.15) is 0 Å². The van der Waals surface area contributed by atoms with Crippen LogP contribution in [0.25, 0.3) is 0 Å². The van der Waals surface area contributed by atoms with E-state index in [9.17, 15) is 14.4 Å². The summed E-state index contributed by atoms with van der Waals surface area (Å²) in [7, 11) is 0. The molecule has 0 aliphatic heterocycles. The molecule has 2 amide bonds. The van der Waals surface area contributed by atoms with Gasteiger partial charge in [0, 0.05) is 12.8 Å². The number of anilines is 1. The fourth-order valence-corrected chi connectivity index (χ4v) is 1.97. The predicted octanol–water partition coefficient (Wildman–Crippen LogP) is 0.982. The summed E-state index contributed by atoms with van der Waals surface area (Å²) in [4.78, 5) is 33.4. The van der Waals surface area contributed by atoms with Crippen LogP contribution < -0.4 is 16.2 Å². The van der Waals surface area contributed by atoms with E-state index in [0.29, 0.717) is 23.5 Å². The lowest BCUT2D eigenvalue weighted by atomic mass is 10.2. The van der Waals surface area contributed by atoms with Crippen LogP contribution in [0.2, 0.25) is 0 Å². The lowest BCUT2D eigenvalue weighted by molar-refractivity contribution is -0.137. The number of carboxylic acids is 1. The average Bonchev–Trinajstić information content (AvgIpc) is 2.44. The van der Waals surface area contributed by atoms with E-state index < -0.39 is 24.2 Å². The molecule has 1 aromatic rings. The van der Waals surface area contributed by atoms with Gasteiger partial charge >= 0.3 is 5.97 Å². The zero-order valence-electron chi connectivity index (χ0n) is 11.8. The second-order valence-electron chi connectivity index (χ2n) is 4.49. The van der Waals surface area contributed by atoms with Gasteiger partial charge in [-0.05, 0) is 18.6 Å². The summed E-state index contributed by atoms with van der Waals surface area (Å²) in [6.07, 6.45) is 0.190. The zero-order valence-corrected chi connectivity index (χ0v) is 12.6. The first-order valence-electron chi connectivity index (χ1n) is 6.57. The van der Waals surface area contributed by atoms with E-state index in [2.05, 4.69) is 5.43 Å². The molecule has 0 saturated heterocycles. The minimum absolute atomic E-state index is 0.0159. The number of aliphatic carboxylic acids is 1. The lowest BCUT2D eigenvalue weighted by Crippen LogP contribution is -2.46. The number of hydrazine groups is 1. The van der Waals surface area contributed by atoms with Gasteiger partial charge in [-0.1, -0.05) is 30.4 Å². The van der Waals surface area contributed by atoms with Crippen molar-refractivity contribution in [1.82, 2.24) is 5.43 Å². The maximum Gasteiger partial charge on any atom is 0.303 e.